The van der Waals surface area contributed by atoms with Crippen LogP contribution >= 0.6 is 0 Å². The van der Waals surface area contributed by atoms with Crippen LogP contribution in [-0.4, -0.2) is 34.9 Å². The van der Waals surface area contributed by atoms with Crippen molar-refractivity contribution in [3.8, 4) is 11.5 Å². The second-order valence-corrected chi connectivity index (χ2v) is 10.1. The van der Waals surface area contributed by atoms with Gasteiger partial charge in [-0.3, -0.25) is 9.59 Å². The lowest BCUT2D eigenvalue weighted by atomic mass is 9.94. The number of aliphatic hydroxyl groups excluding tert-OH is 1. The first-order valence-electron chi connectivity index (χ1n) is 13.0. The van der Waals surface area contributed by atoms with E-state index >= 15 is 0 Å². The molecule has 3 aromatic rings. The van der Waals surface area contributed by atoms with E-state index in [0.29, 0.717) is 30.4 Å². The average molecular weight is 514 g/mol. The number of ketones is 1. The van der Waals surface area contributed by atoms with E-state index in [1.54, 1.807) is 18.2 Å². The first-order chi connectivity index (χ1) is 18.2. The molecule has 0 radical (unpaired) electrons. The Bertz CT molecular complexity index is 1360. The first kappa shape index (κ1) is 27.0. The summed E-state index contributed by atoms with van der Waals surface area (Å²) in [5.41, 5.74) is 4.01. The molecular formula is C32H35NO5. The van der Waals surface area contributed by atoms with Gasteiger partial charge in [0, 0.05) is 12.1 Å². The fourth-order valence-corrected chi connectivity index (χ4v) is 4.65. The molecule has 0 saturated carbocycles. The van der Waals surface area contributed by atoms with Crippen LogP contribution in [0.5, 0.6) is 11.5 Å². The van der Waals surface area contributed by atoms with Crippen molar-refractivity contribution in [1.82, 2.24) is 4.90 Å². The summed E-state index contributed by atoms with van der Waals surface area (Å²) < 4.78 is 11.4. The van der Waals surface area contributed by atoms with Crippen LogP contribution in [0.3, 0.4) is 0 Å². The Balaban J connectivity index is 1.74. The van der Waals surface area contributed by atoms with Crippen LogP contribution in [0.2, 0.25) is 0 Å². The summed E-state index contributed by atoms with van der Waals surface area (Å²) in [5.74, 6) is 0.348. The molecule has 3 aromatic carbocycles. The molecule has 0 spiro atoms. The highest BCUT2D eigenvalue weighted by Crippen LogP contribution is 2.41. The summed E-state index contributed by atoms with van der Waals surface area (Å²) in [6.45, 7) is 11.3. The number of nitrogens with zero attached hydrogens (tertiary/aromatic N) is 1. The number of aryl methyl sites for hydroxylation is 2. The van der Waals surface area contributed by atoms with Crippen LogP contribution < -0.4 is 9.47 Å². The molecule has 6 nitrogen and oxygen atoms in total. The zero-order valence-electron chi connectivity index (χ0n) is 22.7. The zero-order valence-corrected chi connectivity index (χ0v) is 22.7. The molecule has 1 heterocycles. The largest absolute Gasteiger partial charge is 0.507 e. The topological polar surface area (TPSA) is 76.1 Å². The predicted molar refractivity (Wildman–Crippen MR) is 148 cm³/mol. The van der Waals surface area contributed by atoms with Crippen LogP contribution in [0.4, 0.5) is 0 Å². The zero-order chi connectivity index (χ0) is 27.4. The Morgan fingerprint density at radius 1 is 0.974 bits per heavy atom. The number of benzene rings is 3. The van der Waals surface area contributed by atoms with Crippen LogP contribution in [0.25, 0.3) is 5.76 Å². The maximum absolute atomic E-state index is 13.4. The summed E-state index contributed by atoms with van der Waals surface area (Å²) in [6, 6.07) is 19.8. The molecule has 1 saturated heterocycles. The average Bonchev–Trinajstić information content (AvgIpc) is 3.14. The molecule has 1 aliphatic rings. The fraction of sp³-hybridized carbons (Fsp3) is 0.312. The molecule has 38 heavy (non-hydrogen) atoms. The Morgan fingerprint density at radius 3 is 2.34 bits per heavy atom. The predicted octanol–water partition coefficient (Wildman–Crippen LogP) is 6.36. The van der Waals surface area contributed by atoms with Crippen LogP contribution in [0.15, 0.2) is 72.3 Å². The minimum absolute atomic E-state index is 0.0843. The molecule has 1 amide bonds. The van der Waals surface area contributed by atoms with Crippen LogP contribution in [-0.2, 0) is 16.1 Å². The van der Waals surface area contributed by atoms with Crippen molar-refractivity contribution in [2.75, 3.05) is 13.2 Å². The van der Waals surface area contributed by atoms with Crippen molar-refractivity contribution < 1.29 is 24.2 Å². The quantitative estimate of drug-likeness (QED) is 0.205. The third-order valence-electron chi connectivity index (χ3n) is 6.51. The normalized spacial score (nSPS) is 16.8. The highest BCUT2D eigenvalue weighted by molar-refractivity contribution is 6.46. The number of carbonyl (C=O) groups excluding carboxylic acids is 2. The first-order valence-corrected chi connectivity index (χ1v) is 13.0. The molecule has 1 fully saturated rings. The lowest BCUT2D eigenvalue weighted by Crippen LogP contribution is -2.29. The molecule has 0 bridgehead atoms. The summed E-state index contributed by atoms with van der Waals surface area (Å²) in [5, 5.41) is 11.4. The Labute approximate surface area is 224 Å². The van der Waals surface area contributed by atoms with E-state index in [9.17, 15) is 14.7 Å². The Kier molecular flexibility index (Phi) is 8.20. The van der Waals surface area contributed by atoms with E-state index in [4.69, 9.17) is 9.47 Å². The molecule has 6 heteroatoms. The second kappa shape index (κ2) is 11.5. The number of likely N-dealkylation sites (tertiary alicyclic amines) is 1. The van der Waals surface area contributed by atoms with E-state index in [1.165, 1.54) is 4.90 Å². The van der Waals surface area contributed by atoms with E-state index in [1.807, 2.05) is 69.3 Å². The van der Waals surface area contributed by atoms with E-state index in [-0.39, 0.29) is 17.9 Å². The second-order valence-electron chi connectivity index (χ2n) is 10.1. The molecule has 4 rings (SSSR count). The molecule has 0 aromatic heterocycles. The van der Waals surface area contributed by atoms with Gasteiger partial charge in [0.05, 0.1) is 24.8 Å². The van der Waals surface area contributed by atoms with Crippen molar-refractivity contribution in [3.63, 3.8) is 0 Å². The van der Waals surface area contributed by atoms with Gasteiger partial charge in [-0.2, -0.15) is 0 Å². The van der Waals surface area contributed by atoms with Gasteiger partial charge in [0.25, 0.3) is 11.7 Å². The summed E-state index contributed by atoms with van der Waals surface area (Å²) in [6.07, 6.45) is 0. The summed E-state index contributed by atoms with van der Waals surface area (Å²) in [7, 11) is 0. The van der Waals surface area contributed by atoms with Crippen molar-refractivity contribution in [2.45, 2.75) is 47.2 Å². The van der Waals surface area contributed by atoms with Crippen molar-refractivity contribution in [1.29, 1.82) is 0 Å². The van der Waals surface area contributed by atoms with Gasteiger partial charge < -0.3 is 19.5 Å². The third kappa shape index (κ3) is 5.75. The van der Waals surface area contributed by atoms with Gasteiger partial charge in [-0.25, -0.2) is 0 Å². The molecule has 0 aliphatic carbocycles. The smallest absolute Gasteiger partial charge is 0.295 e. The number of Topliss-reactive ketones (excluding diaryl/α,β-unsaturated/α-hetero) is 1. The van der Waals surface area contributed by atoms with E-state index in [0.717, 1.165) is 28.0 Å². The van der Waals surface area contributed by atoms with Gasteiger partial charge in [0.2, 0.25) is 0 Å². The fourth-order valence-electron chi connectivity index (χ4n) is 4.65. The van der Waals surface area contributed by atoms with Crippen LogP contribution in [0.1, 0.15) is 54.6 Å². The number of amides is 1. The maximum atomic E-state index is 13.4. The Morgan fingerprint density at radius 2 is 1.71 bits per heavy atom. The van der Waals surface area contributed by atoms with E-state index < -0.39 is 17.7 Å². The summed E-state index contributed by atoms with van der Waals surface area (Å²) in [4.78, 5) is 28.3. The highest BCUT2D eigenvalue weighted by Gasteiger charge is 2.46. The van der Waals surface area contributed by atoms with Gasteiger partial charge in [-0.15, -0.1) is 0 Å². The van der Waals surface area contributed by atoms with Gasteiger partial charge in [0.1, 0.15) is 17.3 Å². The molecule has 1 atom stereocenters. The lowest BCUT2D eigenvalue weighted by molar-refractivity contribution is -0.140. The van der Waals surface area contributed by atoms with Gasteiger partial charge in [-0.05, 0) is 73.7 Å². The minimum atomic E-state index is -0.723. The number of hydrogen-bond donors (Lipinski definition) is 1. The number of carbonyl (C=O) groups is 2. The molecule has 198 valence electrons. The van der Waals surface area contributed by atoms with Crippen molar-refractivity contribution in [3.05, 3.63) is 100 Å². The molecule has 1 aliphatic heterocycles. The third-order valence-corrected chi connectivity index (χ3v) is 6.51. The van der Waals surface area contributed by atoms with E-state index in [2.05, 4.69) is 13.8 Å². The molecule has 1 unspecified atom stereocenters. The van der Waals surface area contributed by atoms with Crippen LogP contribution in [0, 0.1) is 19.8 Å². The maximum Gasteiger partial charge on any atom is 0.295 e. The number of hydrogen-bond acceptors (Lipinski definition) is 5. The highest BCUT2D eigenvalue weighted by atomic mass is 16.5. The van der Waals surface area contributed by atoms with Crippen molar-refractivity contribution >= 4 is 17.4 Å². The SMILES string of the molecule is CCOc1ccc(/C(O)=C2/C(=O)C(=O)N(Cc3ccc(OCC(C)C)cc3)C2c2cccc(C)c2)cc1C. The van der Waals surface area contributed by atoms with Crippen molar-refractivity contribution in [2.24, 2.45) is 5.92 Å². The standard InChI is InChI=1S/C32H35NO5/c1-6-37-27-15-12-25(17-22(27)5)30(34)28-29(24-9-7-8-21(4)16-24)33(32(36)31(28)35)18-23-10-13-26(14-11-23)38-19-20(2)3/h7-17,20,29,34H,6,18-19H2,1-5H3/b30-28-. The number of ether oxygens (including phenoxy) is 2. The monoisotopic (exact) mass is 513 g/mol. The molecular weight excluding hydrogens is 478 g/mol. The van der Waals surface area contributed by atoms with Gasteiger partial charge >= 0.3 is 0 Å². The lowest BCUT2D eigenvalue weighted by Gasteiger charge is -2.26. The summed E-state index contributed by atoms with van der Waals surface area (Å²) >= 11 is 0. The number of rotatable bonds is 9. The Hall–Kier alpha value is -4.06. The minimum Gasteiger partial charge on any atom is -0.507 e. The number of aliphatic hydroxyl groups is 1. The van der Waals surface area contributed by atoms with Gasteiger partial charge in [-0.1, -0.05) is 55.8 Å². The molecule has 1 N–H and O–H groups in total. The van der Waals surface area contributed by atoms with Gasteiger partial charge in [0.15, 0.2) is 0 Å².